The van der Waals surface area contributed by atoms with E-state index >= 15 is 0 Å². The Morgan fingerprint density at radius 2 is 2.06 bits per heavy atom. The van der Waals surface area contributed by atoms with Crippen molar-refractivity contribution in [3.8, 4) is 5.75 Å². The molecule has 0 aliphatic carbocycles. The normalized spacial score (nSPS) is 11.5. The van der Waals surface area contributed by atoms with Crippen molar-refractivity contribution in [2.24, 2.45) is 0 Å². The lowest BCUT2D eigenvalue weighted by Gasteiger charge is -2.07. The largest absolute Gasteiger partial charge is 0.492 e. The summed E-state index contributed by atoms with van der Waals surface area (Å²) in [5.41, 5.74) is 0.387. The van der Waals surface area contributed by atoms with E-state index in [9.17, 15) is 12.8 Å². The molecule has 0 aliphatic heterocycles. The summed E-state index contributed by atoms with van der Waals surface area (Å²) in [6, 6.07) is 3.81. The van der Waals surface area contributed by atoms with Crippen LogP contribution in [0.4, 0.5) is 4.39 Å². The zero-order valence-corrected chi connectivity index (χ0v) is 10.3. The minimum absolute atomic E-state index is 0.0233. The minimum Gasteiger partial charge on any atom is -0.492 e. The van der Waals surface area contributed by atoms with Gasteiger partial charge in [0, 0.05) is 11.8 Å². The Labute approximate surface area is 100.0 Å². The van der Waals surface area contributed by atoms with Gasteiger partial charge in [0.15, 0.2) is 9.84 Å². The maximum atomic E-state index is 13.0. The van der Waals surface area contributed by atoms with Gasteiger partial charge >= 0.3 is 0 Å². The van der Waals surface area contributed by atoms with E-state index in [1.807, 2.05) is 0 Å². The number of aliphatic hydroxyl groups excluding tert-OH is 1. The number of halogens is 1. The second-order valence-corrected chi connectivity index (χ2v) is 6.01. The van der Waals surface area contributed by atoms with Crippen molar-refractivity contribution in [2.75, 3.05) is 18.1 Å². The summed E-state index contributed by atoms with van der Waals surface area (Å²) in [6.07, 6.45) is 0. The minimum atomic E-state index is -3.08. The highest BCUT2D eigenvalue weighted by Gasteiger charge is 2.08. The molecule has 1 aromatic rings. The number of benzene rings is 1. The second-order valence-electron chi connectivity index (χ2n) is 3.54. The van der Waals surface area contributed by atoms with Gasteiger partial charge in [0.25, 0.3) is 0 Å². The van der Waals surface area contributed by atoms with Crippen molar-refractivity contribution in [3.63, 3.8) is 0 Å². The van der Waals surface area contributed by atoms with E-state index in [0.717, 1.165) is 6.07 Å². The first-order valence-electron chi connectivity index (χ1n) is 5.20. The number of sulfone groups is 1. The van der Waals surface area contributed by atoms with Crippen LogP contribution in [0.2, 0.25) is 0 Å². The summed E-state index contributed by atoms with van der Waals surface area (Å²) in [5.74, 6) is -0.346. The van der Waals surface area contributed by atoms with Crippen LogP contribution in [-0.2, 0) is 16.4 Å². The van der Waals surface area contributed by atoms with Crippen LogP contribution in [0.15, 0.2) is 18.2 Å². The van der Waals surface area contributed by atoms with Crippen LogP contribution < -0.4 is 4.74 Å². The Balaban J connectivity index is 2.61. The Morgan fingerprint density at radius 1 is 1.35 bits per heavy atom. The van der Waals surface area contributed by atoms with Gasteiger partial charge in [-0.25, -0.2) is 12.8 Å². The topological polar surface area (TPSA) is 63.6 Å². The van der Waals surface area contributed by atoms with Crippen LogP contribution in [0.5, 0.6) is 5.75 Å². The molecule has 0 heterocycles. The van der Waals surface area contributed by atoms with Crippen LogP contribution in [0, 0.1) is 5.82 Å². The zero-order valence-electron chi connectivity index (χ0n) is 9.52. The fraction of sp³-hybridized carbons (Fsp3) is 0.455. The first kappa shape index (κ1) is 13.9. The molecule has 4 nitrogen and oxygen atoms in total. The first-order chi connectivity index (χ1) is 7.96. The standard InChI is InChI=1S/C11H15FO4S/c1-2-17(14,15)4-3-16-11-6-9(8-13)5-10(12)7-11/h5-7,13H,2-4,8H2,1H3. The van der Waals surface area contributed by atoms with Gasteiger partial charge in [-0.1, -0.05) is 6.92 Å². The predicted molar refractivity (Wildman–Crippen MR) is 62.1 cm³/mol. The van der Waals surface area contributed by atoms with Gasteiger partial charge in [-0.15, -0.1) is 0 Å². The molecule has 0 saturated heterocycles. The molecule has 0 fully saturated rings. The lowest BCUT2D eigenvalue weighted by Crippen LogP contribution is -2.15. The van der Waals surface area contributed by atoms with Gasteiger partial charge in [0.2, 0.25) is 0 Å². The molecule has 0 amide bonds. The van der Waals surface area contributed by atoms with E-state index in [2.05, 4.69) is 0 Å². The van der Waals surface area contributed by atoms with Crippen molar-refractivity contribution in [1.82, 2.24) is 0 Å². The highest BCUT2D eigenvalue weighted by molar-refractivity contribution is 7.91. The Bertz CT molecular complexity index is 470. The molecule has 0 aromatic heterocycles. The Morgan fingerprint density at radius 3 is 2.65 bits per heavy atom. The highest BCUT2D eigenvalue weighted by Crippen LogP contribution is 2.16. The monoisotopic (exact) mass is 262 g/mol. The summed E-state index contributed by atoms with van der Waals surface area (Å²) in [7, 11) is -3.08. The van der Waals surface area contributed by atoms with E-state index in [1.54, 1.807) is 6.92 Å². The molecule has 0 bridgehead atoms. The third-order valence-corrected chi connectivity index (χ3v) is 3.88. The van der Waals surface area contributed by atoms with Crippen LogP contribution in [0.3, 0.4) is 0 Å². The molecule has 1 N–H and O–H groups in total. The Hall–Kier alpha value is -1.14. The van der Waals surface area contributed by atoms with Crippen LogP contribution in [-0.4, -0.2) is 31.6 Å². The average Bonchev–Trinajstić information content (AvgIpc) is 2.28. The van der Waals surface area contributed by atoms with Crippen LogP contribution >= 0.6 is 0 Å². The zero-order chi connectivity index (χ0) is 12.9. The molecule has 6 heteroatoms. The lowest BCUT2D eigenvalue weighted by atomic mass is 10.2. The molecule has 96 valence electrons. The number of rotatable bonds is 6. The molecule has 0 saturated carbocycles. The van der Waals surface area contributed by atoms with Gasteiger partial charge < -0.3 is 9.84 Å². The third kappa shape index (κ3) is 4.70. The number of aliphatic hydroxyl groups is 1. The van der Waals surface area contributed by atoms with Crippen molar-refractivity contribution >= 4 is 9.84 Å². The molecule has 1 aromatic carbocycles. The SMILES string of the molecule is CCS(=O)(=O)CCOc1cc(F)cc(CO)c1. The molecule has 0 spiro atoms. The summed E-state index contributed by atoms with van der Waals surface area (Å²) < 4.78 is 40.5. The van der Waals surface area contributed by atoms with Gasteiger partial charge in [-0.3, -0.25) is 0 Å². The molecule has 0 unspecified atom stereocenters. The maximum absolute atomic E-state index is 13.0. The number of hydrogen-bond acceptors (Lipinski definition) is 4. The fourth-order valence-corrected chi connectivity index (χ4v) is 1.85. The first-order valence-corrected chi connectivity index (χ1v) is 7.02. The molecular formula is C11H15FO4S. The van der Waals surface area contributed by atoms with Crippen molar-refractivity contribution in [2.45, 2.75) is 13.5 Å². The van der Waals surface area contributed by atoms with Crippen LogP contribution in [0.25, 0.3) is 0 Å². The Kier molecular flexibility index (Phi) is 4.89. The molecule has 0 aliphatic rings. The predicted octanol–water partition coefficient (Wildman–Crippen LogP) is 1.13. The summed E-state index contributed by atoms with van der Waals surface area (Å²) in [6.45, 7) is 1.24. The van der Waals surface area contributed by atoms with E-state index in [0.29, 0.717) is 5.56 Å². The maximum Gasteiger partial charge on any atom is 0.153 e. The van der Waals surface area contributed by atoms with Gasteiger partial charge in [-0.05, 0) is 17.7 Å². The van der Waals surface area contributed by atoms with Crippen molar-refractivity contribution in [1.29, 1.82) is 0 Å². The quantitative estimate of drug-likeness (QED) is 0.834. The average molecular weight is 262 g/mol. The molecule has 0 radical (unpaired) electrons. The van der Waals surface area contributed by atoms with E-state index < -0.39 is 15.7 Å². The molecule has 1 rings (SSSR count). The summed E-state index contributed by atoms with van der Waals surface area (Å²) >= 11 is 0. The van der Waals surface area contributed by atoms with E-state index in [4.69, 9.17) is 9.84 Å². The summed E-state index contributed by atoms with van der Waals surface area (Å²) in [4.78, 5) is 0. The smallest absolute Gasteiger partial charge is 0.153 e. The molecular weight excluding hydrogens is 247 g/mol. The fourth-order valence-electron chi connectivity index (χ4n) is 1.23. The van der Waals surface area contributed by atoms with Crippen molar-refractivity contribution < 1.29 is 22.7 Å². The van der Waals surface area contributed by atoms with Crippen LogP contribution in [0.1, 0.15) is 12.5 Å². The second kappa shape index (κ2) is 5.97. The number of ether oxygens (including phenoxy) is 1. The van der Waals surface area contributed by atoms with Gasteiger partial charge in [0.1, 0.15) is 18.2 Å². The lowest BCUT2D eigenvalue weighted by molar-refractivity contribution is 0.279. The number of hydrogen-bond donors (Lipinski definition) is 1. The summed E-state index contributed by atoms with van der Waals surface area (Å²) in [5, 5.41) is 8.86. The molecule has 17 heavy (non-hydrogen) atoms. The third-order valence-electron chi connectivity index (χ3n) is 2.22. The highest BCUT2D eigenvalue weighted by atomic mass is 32.2. The van der Waals surface area contributed by atoms with E-state index in [1.165, 1.54) is 12.1 Å². The van der Waals surface area contributed by atoms with Gasteiger partial charge in [-0.2, -0.15) is 0 Å². The molecule has 0 atom stereocenters. The van der Waals surface area contributed by atoms with E-state index in [-0.39, 0.29) is 30.5 Å². The van der Waals surface area contributed by atoms with Gasteiger partial charge in [0.05, 0.1) is 12.4 Å². The van der Waals surface area contributed by atoms with Crippen molar-refractivity contribution in [3.05, 3.63) is 29.6 Å².